The van der Waals surface area contributed by atoms with Gasteiger partial charge in [-0.3, -0.25) is 4.79 Å². The van der Waals surface area contributed by atoms with E-state index in [9.17, 15) is 4.79 Å². The lowest BCUT2D eigenvalue weighted by Gasteiger charge is -2.18. The summed E-state index contributed by atoms with van der Waals surface area (Å²) in [6.45, 7) is 4.89. The van der Waals surface area contributed by atoms with Gasteiger partial charge >= 0.3 is 0 Å². The summed E-state index contributed by atoms with van der Waals surface area (Å²) in [6.07, 6.45) is 2.21. The van der Waals surface area contributed by atoms with Crippen molar-refractivity contribution in [1.29, 1.82) is 0 Å². The molecule has 2 aromatic carbocycles. The first-order chi connectivity index (χ1) is 11.4. The Kier molecular flexibility index (Phi) is 4.84. The summed E-state index contributed by atoms with van der Waals surface area (Å²) in [5.41, 5.74) is 3.32. The average molecular weight is 406 g/mol. The number of ether oxygens (including phenoxy) is 1. The van der Waals surface area contributed by atoms with Gasteiger partial charge in [0.05, 0.1) is 6.61 Å². The zero-order valence-corrected chi connectivity index (χ0v) is 15.9. The molecule has 0 amide bonds. The monoisotopic (exact) mass is 404 g/mol. The van der Waals surface area contributed by atoms with Crippen molar-refractivity contribution in [1.82, 2.24) is 0 Å². The Balaban J connectivity index is 2.03. The smallest absolute Gasteiger partial charge is 0.193 e. The Morgan fingerprint density at radius 1 is 1.17 bits per heavy atom. The second kappa shape index (κ2) is 6.73. The number of carbonyl (C=O) groups excluding carboxylic acids is 1. The summed E-state index contributed by atoms with van der Waals surface area (Å²) in [5.74, 6) is 0.797. The SMILES string of the molecule is CC1(C)C=C(CBr)c2cc(C(=O)c3ccc(Cl)cc3)ccc2OC1. The van der Waals surface area contributed by atoms with Crippen molar-refractivity contribution < 1.29 is 9.53 Å². The van der Waals surface area contributed by atoms with Crippen LogP contribution in [0.25, 0.3) is 5.57 Å². The minimum Gasteiger partial charge on any atom is -0.492 e. The van der Waals surface area contributed by atoms with Crippen LogP contribution in [0, 0.1) is 5.41 Å². The van der Waals surface area contributed by atoms with E-state index in [1.807, 2.05) is 18.2 Å². The molecule has 3 rings (SSSR count). The van der Waals surface area contributed by atoms with Gasteiger partial charge < -0.3 is 4.74 Å². The number of allylic oxidation sites excluding steroid dienone is 1. The number of ketones is 1. The van der Waals surface area contributed by atoms with Gasteiger partial charge in [0, 0.05) is 32.5 Å². The quantitative estimate of drug-likeness (QED) is 0.479. The van der Waals surface area contributed by atoms with Crippen LogP contribution in [0.3, 0.4) is 0 Å². The first-order valence-corrected chi connectivity index (χ1v) is 9.25. The van der Waals surface area contributed by atoms with Gasteiger partial charge in [-0.25, -0.2) is 0 Å². The maximum Gasteiger partial charge on any atom is 0.193 e. The molecule has 0 radical (unpaired) electrons. The lowest BCUT2D eigenvalue weighted by Crippen LogP contribution is -2.17. The van der Waals surface area contributed by atoms with Crippen molar-refractivity contribution >= 4 is 38.9 Å². The summed E-state index contributed by atoms with van der Waals surface area (Å²) < 4.78 is 5.95. The second-order valence-electron chi connectivity index (χ2n) is 6.63. The number of hydrogen-bond donors (Lipinski definition) is 0. The van der Waals surface area contributed by atoms with Crippen molar-refractivity contribution in [2.45, 2.75) is 13.8 Å². The number of benzene rings is 2. The summed E-state index contributed by atoms with van der Waals surface area (Å²) >= 11 is 9.46. The number of carbonyl (C=O) groups is 1. The predicted octanol–water partition coefficient (Wildman–Crippen LogP) is 5.77. The van der Waals surface area contributed by atoms with Gasteiger partial charge in [0.15, 0.2) is 5.78 Å². The molecule has 0 saturated carbocycles. The van der Waals surface area contributed by atoms with Crippen LogP contribution in [0.5, 0.6) is 5.75 Å². The molecule has 0 fully saturated rings. The molecule has 0 aromatic heterocycles. The first kappa shape index (κ1) is 17.2. The highest BCUT2D eigenvalue weighted by atomic mass is 79.9. The molecule has 0 N–H and O–H groups in total. The Hall–Kier alpha value is -1.58. The minimum absolute atomic E-state index is 0.0214. The fourth-order valence-electron chi connectivity index (χ4n) is 2.78. The topological polar surface area (TPSA) is 26.3 Å². The minimum atomic E-state index is -0.0531. The van der Waals surface area contributed by atoms with E-state index >= 15 is 0 Å². The maximum atomic E-state index is 12.7. The fourth-order valence-corrected chi connectivity index (χ4v) is 3.37. The van der Waals surface area contributed by atoms with E-state index in [0.29, 0.717) is 28.1 Å². The average Bonchev–Trinajstić information content (AvgIpc) is 2.70. The summed E-state index contributed by atoms with van der Waals surface area (Å²) in [6, 6.07) is 12.6. The Bertz CT molecular complexity index is 807. The van der Waals surface area contributed by atoms with E-state index in [-0.39, 0.29) is 11.2 Å². The molecule has 4 heteroatoms. The molecular weight excluding hydrogens is 388 g/mol. The van der Waals surface area contributed by atoms with E-state index in [0.717, 1.165) is 16.9 Å². The normalized spacial score (nSPS) is 15.8. The largest absolute Gasteiger partial charge is 0.492 e. The van der Waals surface area contributed by atoms with Crippen LogP contribution in [-0.4, -0.2) is 17.7 Å². The maximum absolute atomic E-state index is 12.7. The van der Waals surface area contributed by atoms with Gasteiger partial charge in [-0.1, -0.05) is 47.5 Å². The molecule has 0 aliphatic carbocycles. The highest BCUT2D eigenvalue weighted by molar-refractivity contribution is 9.09. The molecule has 0 atom stereocenters. The third-order valence-corrected chi connectivity index (χ3v) is 4.86. The number of halogens is 2. The summed E-state index contributed by atoms with van der Waals surface area (Å²) in [7, 11) is 0. The van der Waals surface area contributed by atoms with Crippen LogP contribution < -0.4 is 4.74 Å². The van der Waals surface area contributed by atoms with Gasteiger partial charge in [-0.2, -0.15) is 0 Å². The predicted molar refractivity (Wildman–Crippen MR) is 102 cm³/mol. The Morgan fingerprint density at radius 2 is 1.83 bits per heavy atom. The molecule has 0 spiro atoms. The van der Waals surface area contributed by atoms with Gasteiger partial charge in [-0.05, 0) is 48.0 Å². The molecular formula is C20H18BrClO2. The van der Waals surface area contributed by atoms with Crippen LogP contribution in [0.4, 0.5) is 0 Å². The molecule has 2 aromatic rings. The number of fused-ring (bicyclic) bond motifs is 1. The van der Waals surface area contributed by atoms with Crippen molar-refractivity contribution in [3.8, 4) is 5.75 Å². The molecule has 2 nitrogen and oxygen atoms in total. The molecule has 0 saturated heterocycles. The van der Waals surface area contributed by atoms with E-state index < -0.39 is 0 Å². The lowest BCUT2D eigenvalue weighted by molar-refractivity contribution is 0.103. The van der Waals surface area contributed by atoms with Crippen LogP contribution in [0.15, 0.2) is 48.5 Å². The van der Waals surface area contributed by atoms with E-state index in [1.54, 1.807) is 24.3 Å². The summed E-state index contributed by atoms with van der Waals surface area (Å²) in [4.78, 5) is 12.7. The van der Waals surface area contributed by atoms with Crippen molar-refractivity contribution in [3.05, 3.63) is 70.3 Å². The van der Waals surface area contributed by atoms with Crippen molar-refractivity contribution in [2.24, 2.45) is 5.41 Å². The van der Waals surface area contributed by atoms with Crippen LogP contribution in [0.2, 0.25) is 5.02 Å². The molecule has 24 heavy (non-hydrogen) atoms. The highest BCUT2D eigenvalue weighted by Gasteiger charge is 2.24. The number of alkyl halides is 1. The van der Waals surface area contributed by atoms with Gasteiger partial charge in [0.25, 0.3) is 0 Å². The van der Waals surface area contributed by atoms with E-state index in [1.165, 1.54) is 0 Å². The van der Waals surface area contributed by atoms with Crippen LogP contribution in [-0.2, 0) is 0 Å². The Labute approximate surface area is 155 Å². The molecule has 124 valence electrons. The van der Waals surface area contributed by atoms with Crippen LogP contribution in [0.1, 0.15) is 35.3 Å². The van der Waals surface area contributed by atoms with Gasteiger partial charge in [0.2, 0.25) is 0 Å². The molecule has 1 aliphatic heterocycles. The molecule has 1 heterocycles. The summed E-state index contributed by atoms with van der Waals surface area (Å²) in [5, 5.41) is 1.33. The third kappa shape index (κ3) is 3.57. The number of hydrogen-bond acceptors (Lipinski definition) is 2. The zero-order chi connectivity index (χ0) is 17.3. The molecule has 1 aliphatic rings. The van der Waals surface area contributed by atoms with Gasteiger partial charge in [-0.15, -0.1) is 0 Å². The zero-order valence-electron chi connectivity index (χ0n) is 13.6. The molecule has 0 unspecified atom stereocenters. The van der Waals surface area contributed by atoms with Crippen molar-refractivity contribution in [3.63, 3.8) is 0 Å². The highest BCUT2D eigenvalue weighted by Crippen LogP contribution is 2.36. The first-order valence-electron chi connectivity index (χ1n) is 7.75. The lowest BCUT2D eigenvalue weighted by atomic mass is 9.90. The van der Waals surface area contributed by atoms with Gasteiger partial charge in [0.1, 0.15) is 5.75 Å². The van der Waals surface area contributed by atoms with Crippen molar-refractivity contribution in [2.75, 3.05) is 11.9 Å². The standard InChI is InChI=1S/C20H18BrClO2/c1-20(2)10-15(11-21)17-9-14(5-8-18(17)24-12-20)19(23)13-3-6-16(22)7-4-13/h3-10H,11-12H2,1-2H3. The van der Waals surface area contributed by atoms with E-state index in [4.69, 9.17) is 16.3 Å². The number of rotatable bonds is 3. The molecule has 0 bridgehead atoms. The van der Waals surface area contributed by atoms with E-state index in [2.05, 4.69) is 35.9 Å². The van der Waals surface area contributed by atoms with Crippen LogP contribution >= 0.6 is 27.5 Å². The second-order valence-corrected chi connectivity index (χ2v) is 7.62. The fraction of sp³-hybridized carbons (Fsp3) is 0.250. The third-order valence-electron chi connectivity index (χ3n) is 4.00. The Morgan fingerprint density at radius 3 is 2.50 bits per heavy atom.